The average molecular weight is 196 g/mol. The van der Waals surface area contributed by atoms with Crippen molar-refractivity contribution in [3.05, 3.63) is 0 Å². The van der Waals surface area contributed by atoms with Gasteiger partial charge in [-0.3, -0.25) is 14.4 Å². The van der Waals surface area contributed by atoms with Gasteiger partial charge in [0, 0.05) is 19.3 Å². The molecule has 1 saturated carbocycles. The molecule has 3 nitrogen and oxygen atoms in total. The second kappa shape index (κ2) is 5.03. The Bertz CT molecular complexity index is 237. The molecule has 0 aromatic carbocycles. The molecule has 0 aromatic rings. The van der Waals surface area contributed by atoms with Crippen molar-refractivity contribution in [1.29, 1.82) is 0 Å². The molecule has 1 fully saturated rings. The third-order valence-corrected chi connectivity index (χ3v) is 2.56. The Morgan fingerprint density at radius 1 is 1.21 bits per heavy atom. The summed E-state index contributed by atoms with van der Waals surface area (Å²) in [7, 11) is 0. The van der Waals surface area contributed by atoms with E-state index in [2.05, 4.69) is 0 Å². The van der Waals surface area contributed by atoms with Crippen LogP contribution >= 0.6 is 0 Å². The topological polar surface area (TPSA) is 51.2 Å². The first kappa shape index (κ1) is 11.1. The van der Waals surface area contributed by atoms with Crippen molar-refractivity contribution < 1.29 is 14.4 Å². The summed E-state index contributed by atoms with van der Waals surface area (Å²) in [5, 5.41) is 0. The number of ketones is 3. The van der Waals surface area contributed by atoms with Gasteiger partial charge >= 0.3 is 0 Å². The van der Waals surface area contributed by atoms with Gasteiger partial charge in [-0.25, -0.2) is 0 Å². The Morgan fingerprint density at radius 3 is 2.14 bits per heavy atom. The van der Waals surface area contributed by atoms with E-state index in [0.717, 1.165) is 12.8 Å². The zero-order valence-corrected chi connectivity index (χ0v) is 8.54. The van der Waals surface area contributed by atoms with Gasteiger partial charge in [0.15, 0.2) is 17.3 Å². The minimum absolute atomic E-state index is 0.161. The van der Waals surface area contributed by atoms with Crippen molar-refractivity contribution in [3.63, 3.8) is 0 Å². The lowest BCUT2D eigenvalue weighted by Gasteiger charge is -2.09. The van der Waals surface area contributed by atoms with Crippen LogP contribution in [0.25, 0.3) is 0 Å². The molecule has 0 bridgehead atoms. The molecule has 0 aliphatic heterocycles. The molecule has 0 atom stereocenters. The highest BCUT2D eigenvalue weighted by atomic mass is 16.2. The van der Waals surface area contributed by atoms with Crippen LogP contribution in [0.15, 0.2) is 0 Å². The average Bonchev–Trinajstić information content (AvgIpc) is 2.28. The molecule has 1 rings (SSSR count). The molecule has 1 aliphatic carbocycles. The normalized spacial score (nSPS) is 19.5. The van der Waals surface area contributed by atoms with Crippen LogP contribution in [0, 0.1) is 5.92 Å². The molecule has 0 radical (unpaired) electrons. The predicted octanol–water partition coefficient (Wildman–Crippen LogP) is 1.68. The largest absolute Gasteiger partial charge is 0.298 e. The smallest absolute Gasteiger partial charge is 0.150 e. The van der Waals surface area contributed by atoms with E-state index >= 15 is 0 Å². The van der Waals surface area contributed by atoms with E-state index in [0.29, 0.717) is 25.7 Å². The summed E-state index contributed by atoms with van der Waals surface area (Å²) in [5.74, 6) is -1.42. The van der Waals surface area contributed by atoms with Crippen LogP contribution in [0.1, 0.15) is 45.4 Å². The van der Waals surface area contributed by atoms with Gasteiger partial charge in [0.2, 0.25) is 0 Å². The standard InChI is InChI=1S/C11H16O3/c1-2-5-8(12)11-9(13)6-3-4-7-10(11)14/h11H,2-7H2,1H3. The number of Topliss-reactive ketones (excluding diaryl/α,β-unsaturated/α-hetero) is 3. The maximum absolute atomic E-state index is 11.5. The fourth-order valence-electron chi connectivity index (χ4n) is 1.82. The van der Waals surface area contributed by atoms with Crippen molar-refractivity contribution in [2.24, 2.45) is 5.92 Å². The highest BCUT2D eigenvalue weighted by Crippen LogP contribution is 2.19. The van der Waals surface area contributed by atoms with Crippen molar-refractivity contribution >= 4 is 17.3 Å². The van der Waals surface area contributed by atoms with E-state index in [1.165, 1.54) is 0 Å². The second-order valence-corrected chi connectivity index (χ2v) is 3.79. The van der Waals surface area contributed by atoms with Gasteiger partial charge in [-0.2, -0.15) is 0 Å². The van der Waals surface area contributed by atoms with Gasteiger partial charge in [-0.15, -0.1) is 0 Å². The van der Waals surface area contributed by atoms with Gasteiger partial charge in [-0.1, -0.05) is 6.92 Å². The molecule has 3 heteroatoms. The fraction of sp³-hybridized carbons (Fsp3) is 0.727. The van der Waals surface area contributed by atoms with Crippen molar-refractivity contribution in [1.82, 2.24) is 0 Å². The molecular formula is C11H16O3. The lowest BCUT2D eigenvalue weighted by molar-refractivity contribution is -0.139. The third kappa shape index (κ3) is 2.50. The summed E-state index contributed by atoms with van der Waals surface area (Å²) in [6.07, 6.45) is 3.34. The Hall–Kier alpha value is -0.990. The van der Waals surface area contributed by atoms with E-state index in [1.807, 2.05) is 6.92 Å². The quantitative estimate of drug-likeness (QED) is 0.509. The fourth-order valence-corrected chi connectivity index (χ4v) is 1.82. The molecule has 0 amide bonds. The lowest BCUT2D eigenvalue weighted by Crippen LogP contribution is -2.30. The Labute approximate surface area is 83.9 Å². The van der Waals surface area contributed by atoms with Crippen LogP contribution in [-0.4, -0.2) is 17.3 Å². The van der Waals surface area contributed by atoms with Gasteiger partial charge < -0.3 is 0 Å². The Balaban J connectivity index is 2.74. The summed E-state index contributed by atoms with van der Waals surface area (Å²) in [5.41, 5.74) is 0. The first-order valence-electron chi connectivity index (χ1n) is 5.25. The van der Waals surface area contributed by atoms with Crippen LogP contribution in [0.4, 0.5) is 0 Å². The molecule has 0 heterocycles. The summed E-state index contributed by atoms with van der Waals surface area (Å²) in [6.45, 7) is 1.88. The SMILES string of the molecule is CCCC(=O)C1C(=O)CCCCC1=O. The molecule has 0 aromatic heterocycles. The minimum atomic E-state index is -0.919. The number of carbonyl (C=O) groups is 3. The van der Waals surface area contributed by atoms with E-state index in [9.17, 15) is 14.4 Å². The zero-order valence-electron chi connectivity index (χ0n) is 8.54. The monoisotopic (exact) mass is 196 g/mol. The van der Waals surface area contributed by atoms with E-state index in [1.54, 1.807) is 0 Å². The molecule has 0 saturated heterocycles. The maximum atomic E-state index is 11.5. The van der Waals surface area contributed by atoms with Crippen LogP contribution in [0.3, 0.4) is 0 Å². The highest BCUT2D eigenvalue weighted by molar-refractivity contribution is 6.19. The maximum Gasteiger partial charge on any atom is 0.150 e. The highest BCUT2D eigenvalue weighted by Gasteiger charge is 2.33. The first-order chi connectivity index (χ1) is 6.66. The van der Waals surface area contributed by atoms with Crippen molar-refractivity contribution in [3.8, 4) is 0 Å². The molecule has 0 N–H and O–H groups in total. The van der Waals surface area contributed by atoms with E-state index in [-0.39, 0.29) is 17.3 Å². The summed E-state index contributed by atoms with van der Waals surface area (Å²) >= 11 is 0. The van der Waals surface area contributed by atoms with Crippen molar-refractivity contribution in [2.75, 3.05) is 0 Å². The van der Waals surface area contributed by atoms with Gasteiger partial charge in [0.1, 0.15) is 5.92 Å². The predicted molar refractivity (Wildman–Crippen MR) is 51.9 cm³/mol. The number of carbonyl (C=O) groups excluding carboxylic acids is 3. The van der Waals surface area contributed by atoms with Gasteiger partial charge in [0.25, 0.3) is 0 Å². The number of hydrogen-bond donors (Lipinski definition) is 0. The summed E-state index contributed by atoms with van der Waals surface area (Å²) in [6, 6.07) is 0. The van der Waals surface area contributed by atoms with Crippen molar-refractivity contribution in [2.45, 2.75) is 45.4 Å². The van der Waals surface area contributed by atoms with Crippen LogP contribution < -0.4 is 0 Å². The van der Waals surface area contributed by atoms with Gasteiger partial charge in [0.05, 0.1) is 0 Å². The zero-order chi connectivity index (χ0) is 10.6. The van der Waals surface area contributed by atoms with Crippen LogP contribution in [0.5, 0.6) is 0 Å². The Kier molecular flexibility index (Phi) is 3.98. The molecule has 14 heavy (non-hydrogen) atoms. The molecular weight excluding hydrogens is 180 g/mol. The van der Waals surface area contributed by atoms with Gasteiger partial charge in [-0.05, 0) is 19.3 Å². The molecule has 78 valence electrons. The van der Waals surface area contributed by atoms with Crippen LogP contribution in [0.2, 0.25) is 0 Å². The summed E-state index contributed by atoms with van der Waals surface area (Å²) < 4.78 is 0. The third-order valence-electron chi connectivity index (χ3n) is 2.56. The lowest BCUT2D eigenvalue weighted by atomic mass is 9.91. The number of rotatable bonds is 3. The van der Waals surface area contributed by atoms with E-state index in [4.69, 9.17) is 0 Å². The summed E-state index contributed by atoms with van der Waals surface area (Å²) in [4.78, 5) is 34.5. The Morgan fingerprint density at radius 2 is 1.71 bits per heavy atom. The molecule has 1 aliphatic rings. The minimum Gasteiger partial charge on any atom is -0.298 e. The number of hydrogen-bond acceptors (Lipinski definition) is 3. The first-order valence-corrected chi connectivity index (χ1v) is 5.25. The molecule has 0 spiro atoms. The molecule has 0 unspecified atom stereocenters. The van der Waals surface area contributed by atoms with E-state index < -0.39 is 5.92 Å². The second-order valence-electron chi connectivity index (χ2n) is 3.79. The van der Waals surface area contributed by atoms with Crippen LogP contribution in [-0.2, 0) is 14.4 Å².